The molecule has 7 N–H and O–H groups in total. The maximum absolute atomic E-state index is 12.8. The lowest BCUT2D eigenvalue weighted by Crippen LogP contribution is -2.60. The molecule has 0 aromatic rings. The van der Waals surface area contributed by atoms with Crippen LogP contribution < -0.4 is 21.7 Å². The molecule has 3 amide bonds. The number of nitrogens with one attached hydrogen (secondary N) is 3. The van der Waals surface area contributed by atoms with Crippen LogP contribution in [0.3, 0.4) is 0 Å². The quantitative estimate of drug-likeness (QED) is 0.256. The molecule has 0 saturated heterocycles. The molecule has 0 rings (SSSR count). The van der Waals surface area contributed by atoms with Crippen LogP contribution >= 0.6 is 0 Å². The van der Waals surface area contributed by atoms with Crippen molar-refractivity contribution >= 4 is 23.7 Å². The minimum atomic E-state index is -1.20. The number of nitrogens with two attached hydrogens (primary N) is 1. The highest BCUT2D eigenvalue weighted by molar-refractivity contribution is 5.94. The van der Waals surface area contributed by atoms with E-state index in [2.05, 4.69) is 16.0 Å². The summed E-state index contributed by atoms with van der Waals surface area (Å²) in [4.78, 5) is 48.9. The molecule has 29 heavy (non-hydrogen) atoms. The Morgan fingerprint density at radius 3 is 1.24 bits per heavy atom. The summed E-state index contributed by atoms with van der Waals surface area (Å²) in [6, 6.07) is -4.27. The Kier molecular flexibility index (Phi) is 10.8. The number of aliphatic carboxylic acids is 1. The molecule has 10 nitrogen and oxygen atoms in total. The smallest absolute Gasteiger partial charge is 0.326 e. The van der Waals surface area contributed by atoms with Gasteiger partial charge in [0.15, 0.2) is 0 Å². The molecule has 0 aromatic heterocycles. The first-order valence-corrected chi connectivity index (χ1v) is 9.78. The number of rotatable bonds is 11. The molecule has 0 bridgehead atoms. The van der Waals surface area contributed by atoms with E-state index in [0.717, 1.165) is 0 Å². The zero-order valence-electron chi connectivity index (χ0n) is 18.2. The van der Waals surface area contributed by atoms with E-state index in [-0.39, 0.29) is 17.8 Å². The van der Waals surface area contributed by atoms with Gasteiger partial charge in [-0.25, -0.2) is 4.79 Å². The Morgan fingerprint density at radius 1 is 0.655 bits per heavy atom. The van der Waals surface area contributed by atoms with Crippen LogP contribution in [-0.4, -0.2) is 64.2 Å². The molecule has 0 heterocycles. The Bertz CT molecular complexity index is 591. The van der Waals surface area contributed by atoms with E-state index in [1.165, 1.54) is 6.92 Å². The Labute approximate surface area is 172 Å². The summed E-state index contributed by atoms with van der Waals surface area (Å²) in [6.07, 6.45) is -1.09. The molecule has 0 aliphatic carbocycles. The average Bonchev–Trinajstić information content (AvgIpc) is 2.59. The molecule has 0 spiro atoms. The van der Waals surface area contributed by atoms with E-state index in [4.69, 9.17) is 5.73 Å². The predicted molar refractivity (Wildman–Crippen MR) is 108 cm³/mol. The number of carbonyl (C=O) groups is 4. The molecular weight excluding hydrogens is 380 g/mol. The second-order valence-corrected chi connectivity index (χ2v) is 8.30. The maximum atomic E-state index is 12.8. The monoisotopic (exact) mass is 416 g/mol. The highest BCUT2D eigenvalue weighted by atomic mass is 16.4. The van der Waals surface area contributed by atoms with Gasteiger partial charge in [0.05, 0.1) is 6.10 Å². The van der Waals surface area contributed by atoms with Crippen molar-refractivity contribution in [2.24, 2.45) is 23.5 Å². The van der Waals surface area contributed by atoms with Gasteiger partial charge in [-0.15, -0.1) is 0 Å². The van der Waals surface area contributed by atoms with Crippen molar-refractivity contribution in [3.05, 3.63) is 0 Å². The van der Waals surface area contributed by atoms with Crippen molar-refractivity contribution in [2.45, 2.75) is 78.7 Å². The number of hydrogen-bond donors (Lipinski definition) is 6. The SMILES string of the molecule is CC(C)C(NC(=O)C(NC(=O)C(NC(=O)C(N)C(C)O)C(C)C)C(C)C)C(=O)O. The van der Waals surface area contributed by atoms with Crippen LogP contribution in [0.4, 0.5) is 0 Å². The standard InChI is InChI=1S/C19H36N4O6/c1-8(2)13(21-16(25)12(20)11(7)24)17(26)22-14(9(3)4)18(27)23-15(10(5)6)19(28)29/h8-15,24H,20H2,1-7H3,(H,21,25)(H,22,26)(H,23,27)(H,28,29). The molecule has 0 saturated carbocycles. The topological polar surface area (TPSA) is 171 Å². The lowest BCUT2D eigenvalue weighted by molar-refractivity contribution is -0.144. The second-order valence-electron chi connectivity index (χ2n) is 8.30. The van der Waals surface area contributed by atoms with Gasteiger partial charge in [-0.2, -0.15) is 0 Å². The van der Waals surface area contributed by atoms with Crippen molar-refractivity contribution in [3.63, 3.8) is 0 Å². The third kappa shape index (κ3) is 8.36. The zero-order valence-corrected chi connectivity index (χ0v) is 18.2. The van der Waals surface area contributed by atoms with Gasteiger partial charge in [-0.1, -0.05) is 41.5 Å². The lowest BCUT2D eigenvalue weighted by Gasteiger charge is -2.29. The van der Waals surface area contributed by atoms with Crippen LogP contribution in [0.15, 0.2) is 0 Å². The van der Waals surface area contributed by atoms with Crippen LogP contribution in [0.5, 0.6) is 0 Å². The van der Waals surface area contributed by atoms with Gasteiger partial charge in [-0.05, 0) is 24.7 Å². The van der Waals surface area contributed by atoms with E-state index >= 15 is 0 Å². The van der Waals surface area contributed by atoms with Crippen molar-refractivity contribution in [1.29, 1.82) is 0 Å². The van der Waals surface area contributed by atoms with Crippen molar-refractivity contribution < 1.29 is 29.4 Å². The fraction of sp³-hybridized carbons (Fsp3) is 0.789. The van der Waals surface area contributed by atoms with Gasteiger partial charge in [-0.3, -0.25) is 14.4 Å². The van der Waals surface area contributed by atoms with Crippen LogP contribution in [-0.2, 0) is 19.2 Å². The van der Waals surface area contributed by atoms with E-state index in [1.807, 2.05) is 0 Å². The summed E-state index contributed by atoms with van der Waals surface area (Å²) < 4.78 is 0. The molecule has 0 aliphatic heterocycles. The highest BCUT2D eigenvalue weighted by Gasteiger charge is 2.34. The molecular formula is C19H36N4O6. The Balaban J connectivity index is 5.37. The first-order chi connectivity index (χ1) is 13.2. The van der Waals surface area contributed by atoms with Crippen LogP contribution in [0.25, 0.3) is 0 Å². The lowest BCUT2D eigenvalue weighted by atomic mass is 9.98. The number of aliphatic hydroxyl groups excluding tert-OH is 1. The van der Waals surface area contributed by atoms with E-state index in [1.54, 1.807) is 41.5 Å². The van der Waals surface area contributed by atoms with Crippen molar-refractivity contribution in [2.75, 3.05) is 0 Å². The summed E-state index contributed by atoms with van der Waals surface area (Å²) in [6.45, 7) is 11.5. The van der Waals surface area contributed by atoms with E-state index in [0.29, 0.717) is 0 Å². The number of hydrogen-bond acceptors (Lipinski definition) is 6. The van der Waals surface area contributed by atoms with Gasteiger partial charge in [0.2, 0.25) is 17.7 Å². The maximum Gasteiger partial charge on any atom is 0.326 e. The molecule has 0 aliphatic rings. The normalized spacial score (nSPS) is 16.7. The van der Waals surface area contributed by atoms with Crippen molar-refractivity contribution in [1.82, 2.24) is 16.0 Å². The summed E-state index contributed by atoms with van der Waals surface area (Å²) >= 11 is 0. The molecule has 5 unspecified atom stereocenters. The fourth-order valence-corrected chi connectivity index (χ4v) is 2.54. The summed E-state index contributed by atoms with van der Waals surface area (Å²) in [5.74, 6) is -4.07. The van der Waals surface area contributed by atoms with Crippen LogP contribution in [0.1, 0.15) is 48.5 Å². The number of aliphatic hydroxyl groups is 1. The van der Waals surface area contributed by atoms with E-state index < -0.39 is 54.0 Å². The van der Waals surface area contributed by atoms with Gasteiger partial charge in [0.25, 0.3) is 0 Å². The highest BCUT2D eigenvalue weighted by Crippen LogP contribution is 2.09. The fourth-order valence-electron chi connectivity index (χ4n) is 2.54. The largest absolute Gasteiger partial charge is 0.480 e. The molecule has 168 valence electrons. The Morgan fingerprint density at radius 2 is 0.966 bits per heavy atom. The zero-order chi connectivity index (χ0) is 23.0. The van der Waals surface area contributed by atoms with Gasteiger partial charge in [0, 0.05) is 0 Å². The first-order valence-electron chi connectivity index (χ1n) is 9.78. The van der Waals surface area contributed by atoms with Crippen LogP contribution in [0, 0.1) is 17.8 Å². The predicted octanol–water partition coefficient (Wildman–Crippen LogP) is -0.798. The summed E-state index contributed by atoms with van der Waals surface area (Å²) in [5, 5.41) is 26.3. The molecule has 10 heteroatoms. The summed E-state index contributed by atoms with van der Waals surface area (Å²) in [7, 11) is 0. The minimum Gasteiger partial charge on any atom is -0.480 e. The van der Waals surface area contributed by atoms with Crippen molar-refractivity contribution in [3.8, 4) is 0 Å². The van der Waals surface area contributed by atoms with E-state index in [9.17, 15) is 29.4 Å². The summed E-state index contributed by atoms with van der Waals surface area (Å²) in [5.41, 5.74) is 5.60. The third-order valence-corrected chi connectivity index (χ3v) is 4.55. The number of carboxylic acids is 1. The third-order valence-electron chi connectivity index (χ3n) is 4.55. The number of amides is 3. The van der Waals surface area contributed by atoms with Gasteiger partial charge in [0.1, 0.15) is 24.2 Å². The average molecular weight is 417 g/mol. The second kappa shape index (κ2) is 11.7. The number of carboxylic acid groups (broad SMARTS) is 1. The molecule has 5 atom stereocenters. The first kappa shape index (κ1) is 26.8. The molecule has 0 fully saturated rings. The van der Waals surface area contributed by atoms with Gasteiger partial charge < -0.3 is 31.9 Å². The minimum absolute atomic E-state index is 0.321. The van der Waals surface area contributed by atoms with Gasteiger partial charge >= 0.3 is 5.97 Å². The Hall–Kier alpha value is -2.20. The molecule has 0 aromatic carbocycles. The molecule has 0 radical (unpaired) electrons. The van der Waals surface area contributed by atoms with Crippen LogP contribution in [0.2, 0.25) is 0 Å². The number of carbonyl (C=O) groups excluding carboxylic acids is 3.